The van der Waals surface area contributed by atoms with Crippen molar-refractivity contribution in [2.24, 2.45) is 0 Å². The molecule has 0 bridgehead atoms. The van der Waals surface area contributed by atoms with E-state index >= 15 is 0 Å². The third-order valence-electron chi connectivity index (χ3n) is 2.42. The molecule has 0 aromatic heterocycles. The number of anilines is 1. The molecule has 0 saturated carbocycles. The molecule has 0 saturated heterocycles. The molecule has 0 aliphatic rings. The number of ether oxygens (including phenoxy) is 2. The maximum atomic E-state index is 5.23. The Morgan fingerprint density at radius 1 is 1.21 bits per heavy atom. The molecule has 19 heavy (non-hydrogen) atoms. The first kappa shape index (κ1) is 15.9. The van der Waals surface area contributed by atoms with Gasteiger partial charge in [-0.15, -0.1) is 0 Å². The van der Waals surface area contributed by atoms with E-state index in [-0.39, 0.29) is 0 Å². The normalized spacial score (nSPS) is 9.84. The van der Waals surface area contributed by atoms with Crippen molar-refractivity contribution in [1.29, 1.82) is 0 Å². The van der Waals surface area contributed by atoms with Crippen molar-refractivity contribution in [3.05, 3.63) is 18.2 Å². The Kier molecular flexibility index (Phi) is 7.43. The van der Waals surface area contributed by atoms with E-state index in [1.165, 1.54) is 0 Å². The number of thiocarbonyl (C=S) groups is 1. The molecular formula is C13H20N2O2S2. The van der Waals surface area contributed by atoms with Crippen LogP contribution in [0.3, 0.4) is 0 Å². The standard InChI is InChI=1S/C13H20N2O2S2/c1-16-11-7-10(8-12(9-11)17-2)15-13(18)14-5-4-6-19-3/h7-9H,4-6H2,1-3H3,(H2,14,15,18). The lowest BCUT2D eigenvalue weighted by atomic mass is 10.3. The van der Waals surface area contributed by atoms with Crippen LogP contribution in [0.5, 0.6) is 11.5 Å². The van der Waals surface area contributed by atoms with Crippen molar-refractivity contribution in [2.45, 2.75) is 6.42 Å². The fourth-order valence-electron chi connectivity index (χ4n) is 1.47. The second kappa shape index (κ2) is 8.87. The molecule has 1 rings (SSSR count). The van der Waals surface area contributed by atoms with Crippen LogP contribution >= 0.6 is 24.0 Å². The fourth-order valence-corrected chi connectivity index (χ4v) is 2.13. The summed E-state index contributed by atoms with van der Waals surface area (Å²) in [5.41, 5.74) is 0.846. The van der Waals surface area contributed by atoms with Gasteiger partial charge in [0.2, 0.25) is 0 Å². The molecular weight excluding hydrogens is 280 g/mol. The van der Waals surface area contributed by atoms with E-state index in [2.05, 4.69) is 16.9 Å². The van der Waals surface area contributed by atoms with Crippen LogP contribution in [0, 0.1) is 0 Å². The van der Waals surface area contributed by atoms with Gasteiger partial charge in [0.1, 0.15) is 11.5 Å². The number of hydrogen-bond acceptors (Lipinski definition) is 4. The van der Waals surface area contributed by atoms with E-state index in [4.69, 9.17) is 21.7 Å². The van der Waals surface area contributed by atoms with Gasteiger partial charge in [-0.1, -0.05) is 0 Å². The van der Waals surface area contributed by atoms with Gasteiger partial charge in [-0.05, 0) is 30.6 Å². The maximum absolute atomic E-state index is 5.23. The molecule has 6 heteroatoms. The predicted octanol–water partition coefficient (Wildman–Crippen LogP) is 2.74. The van der Waals surface area contributed by atoms with E-state index in [0.717, 1.165) is 35.9 Å². The average molecular weight is 300 g/mol. The lowest BCUT2D eigenvalue weighted by Gasteiger charge is -2.12. The van der Waals surface area contributed by atoms with E-state index in [1.54, 1.807) is 14.2 Å². The van der Waals surface area contributed by atoms with Gasteiger partial charge in [0.05, 0.1) is 14.2 Å². The van der Waals surface area contributed by atoms with E-state index in [9.17, 15) is 0 Å². The number of rotatable bonds is 7. The number of thioether (sulfide) groups is 1. The molecule has 0 spiro atoms. The van der Waals surface area contributed by atoms with E-state index in [0.29, 0.717) is 5.11 Å². The number of methoxy groups -OCH3 is 2. The first-order valence-electron chi connectivity index (χ1n) is 5.96. The van der Waals surface area contributed by atoms with Crippen molar-refractivity contribution in [3.63, 3.8) is 0 Å². The Morgan fingerprint density at radius 3 is 2.37 bits per heavy atom. The van der Waals surface area contributed by atoms with Crippen molar-refractivity contribution in [1.82, 2.24) is 5.32 Å². The minimum absolute atomic E-state index is 0.608. The highest BCUT2D eigenvalue weighted by Gasteiger charge is 2.03. The predicted molar refractivity (Wildman–Crippen MR) is 86.8 cm³/mol. The Balaban J connectivity index is 2.53. The van der Waals surface area contributed by atoms with Crippen LogP contribution in [0.25, 0.3) is 0 Å². The zero-order valence-electron chi connectivity index (χ0n) is 11.5. The van der Waals surface area contributed by atoms with Crippen LogP contribution < -0.4 is 20.1 Å². The summed E-state index contributed by atoms with van der Waals surface area (Å²) >= 11 is 7.06. The summed E-state index contributed by atoms with van der Waals surface area (Å²) in [7, 11) is 3.25. The summed E-state index contributed by atoms with van der Waals surface area (Å²) in [6.07, 6.45) is 3.18. The molecule has 0 atom stereocenters. The highest BCUT2D eigenvalue weighted by Crippen LogP contribution is 2.25. The summed E-state index contributed by atoms with van der Waals surface area (Å²) in [5.74, 6) is 2.59. The van der Waals surface area contributed by atoms with Crippen LogP contribution in [0.15, 0.2) is 18.2 Å². The SMILES string of the molecule is COc1cc(NC(=S)NCCCSC)cc(OC)c1. The molecule has 2 N–H and O–H groups in total. The van der Waals surface area contributed by atoms with Crippen LogP contribution in [-0.2, 0) is 0 Å². The second-order valence-electron chi connectivity index (χ2n) is 3.83. The van der Waals surface area contributed by atoms with Crippen LogP contribution in [-0.4, -0.2) is 37.9 Å². The summed E-state index contributed by atoms with van der Waals surface area (Å²) < 4.78 is 10.4. The molecule has 0 aliphatic heterocycles. The largest absolute Gasteiger partial charge is 0.497 e. The molecule has 4 nitrogen and oxygen atoms in total. The third kappa shape index (κ3) is 6.02. The lowest BCUT2D eigenvalue weighted by molar-refractivity contribution is 0.395. The Bertz CT molecular complexity index is 391. The van der Waals surface area contributed by atoms with Crippen molar-refractivity contribution in [2.75, 3.05) is 38.1 Å². The van der Waals surface area contributed by atoms with Crippen LogP contribution in [0.2, 0.25) is 0 Å². The van der Waals surface area contributed by atoms with Gasteiger partial charge in [0, 0.05) is 30.4 Å². The van der Waals surface area contributed by atoms with Gasteiger partial charge in [-0.3, -0.25) is 0 Å². The quantitative estimate of drug-likeness (QED) is 0.596. The average Bonchev–Trinajstić information content (AvgIpc) is 2.43. The fraction of sp³-hybridized carbons (Fsp3) is 0.462. The summed E-state index contributed by atoms with van der Waals surface area (Å²) in [6, 6.07) is 5.57. The Labute approximate surface area is 124 Å². The zero-order valence-corrected chi connectivity index (χ0v) is 13.1. The van der Waals surface area contributed by atoms with E-state index in [1.807, 2.05) is 30.0 Å². The second-order valence-corrected chi connectivity index (χ2v) is 5.22. The van der Waals surface area contributed by atoms with Gasteiger partial charge in [-0.25, -0.2) is 0 Å². The van der Waals surface area contributed by atoms with E-state index < -0.39 is 0 Å². The molecule has 0 heterocycles. The Hall–Kier alpha value is -1.14. The summed E-state index contributed by atoms with van der Waals surface area (Å²) in [4.78, 5) is 0. The van der Waals surface area contributed by atoms with Crippen molar-refractivity contribution < 1.29 is 9.47 Å². The highest BCUT2D eigenvalue weighted by atomic mass is 32.2. The minimum Gasteiger partial charge on any atom is -0.497 e. The van der Waals surface area contributed by atoms with Gasteiger partial charge in [0.15, 0.2) is 5.11 Å². The minimum atomic E-state index is 0.608. The zero-order chi connectivity index (χ0) is 14.1. The molecule has 0 aliphatic carbocycles. The van der Waals surface area contributed by atoms with Crippen molar-refractivity contribution >= 4 is 34.8 Å². The summed E-state index contributed by atoms with van der Waals surface area (Å²) in [5, 5.41) is 6.90. The first-order chi connectivity index (χ1) is 9.19. The molecule has 0 fully saturated rings. The van der Waals surface area contributed by atoms with Gasteiger partial charge < -0.3 is 20.1 Å². The van der Waals surface area contributed by atoms with Crippen LogP contribution in [0.4, 0.5) is 5.69 Å². The van der Waals surface area contributed by atoms with Gasteiger partial charge in [-0.2, -0.15) is 11.8 Å². The summed E-state index contributed by atoms with van der Waals surface area (Å²) in [6.45, 7) is 0.869. The van der Waals surface area contributed by atoms with Crippen molar-refractivity contribution in [3.8, 4) is 11.5 Å². The van der Waals surface area contributed by atoms with Gasteiger partial charge in [0.25, 0.3) is 0 Å². The smallest absolute Gasteiger partial charge is 0.170 e. The first-order valence-corrected chi connectivity index (χ1v) is 7.76. The maximum Gasteiger partial charge on any atom is 0.170 e. The molecule has 1 aromatic carbocycles. The monoisotopic (exact) mass is 300 g/mol. The molecule has 0 unspecified atom stereocenters. The number of nitrogens with one attached hydrogen (secondary N) is 2. The molecule has 0 amide bonds. The molecule has 0 radical (unpaired) electrons. The highest BCUT2D eigenvalue weighted by molar-refractivity contribution is 7.98. The van der Waals surface area contributed by atoms with Gasteiger partial charge >= 0.3 is 0 Å². The topological polar surface area (TPSA) is 42.5 Å². The third-order valence-corrected chi connectivity index (χ3v) is 3.36. The molecule has 1 aromatic rings. The van der Waals surface area contributed by atoms with Crippen LogP contribution in [0.1, 0.15) is 6.42 Å². The lowest BCUT2D eigenvalue weighted by Crippen LogP contribution is -2.29. The Morgan fingerprint density at radius 2 is 1.84 bits per heavy atom. The molecule has 106 valence electrons. The number of hydrogen-bond donors (Lipinski definition) is 2. The number of benzene rings is 1.